The van der Waals surface area contributed by atoms with Gasteiger partial charge in [0.25, 0.3) is 0 Å². The zero-order chi connectivity index (χ0) is 13.0. The molecule has 5 nitrogen and oxygen atoms in total. The standard InChI is InChI=1S/C11H11IO5/c1-6(13)17-8-4-3-7(5-9(14)15)10(12)11(8)16-2/h3-4H,5H2,1-2H3,(H,14,15). The van der Waals surface area contributed by atoms with Crippen LogP contribution in [-0.4, -0.2) is 24.2 Å². The molecule has 0 fully saturated rings. The van der Waals surface area contributed by atoms with Gasteiger partial charge in [-0.15, -0.1) is 0 Å². The molecule has 0 radical (unpaired) electrons. The normalized spacial score (nSPS) is 9.82. The van der Waals surface area contributed by atoms with Crippen molar-refractivity contribution in [2.45, 2.75) is 13.3 Å². The quantitative estimate of drug-likeness (QED) is 0.510. The molecular formula is C11H11IO5. The molecule has 92 valence electrons. The number of rotatable bonds is 4. The molecule has 0 unspecified atom stereocenters. The van der Waals surface area contributed by atoms with E-state index in [0.29, 0.717) is 20.6 Å². The summed E-state index contributed by atoms with van der Waals surface area (Å²) in [4.78, 5) is 21.5. The molecule has 0 heterocycles. The number of methoxy groups -OCH3 is 1. The molecule has 6 heteroatoms. The van der Waals surface area contributed by atoms with Gasteiger partial charge in [-0.05, 0) is 34.2 Å². The lowest BCUT2D eigenvalue weighted by atomic mass is 10.1. The number of halogens is 1. The zero-order valence-corrected chi connectivity index (χ0v) is 11.5. The van der Waals surface area contributed by atoms with Gasteiger partial charge in [-0.1, -0.05) is 6.07 Å². The number of aliphatic carboxylic acids is 1. The number of carboxylic acids is 1. The summed E-state index contributed by atoms with van der Waals surface area (Å²) in [5.41, 5.74) is 0.617. The number of hydrogen-bond donors (Lipinski definition) is 1. The molecule has 0 saturated heterocycles. The van der Waals surface area contributed by atoms with Crippen LogP contribution in [0.4, 0.5) is 0 Å². The second-order valence-corrected chi connectivity index (χ2v) is 4.31. The Bertz CT molecular complexity index is 455. The van der Waals surface area contributed by atoms with Crippen molar-refractivity contribution in [3.63, 3.8) is 0 Å². The van der Waals surface area contributed by atoms with Gasteiger partial charge in [-0.2, -0.15) is 0 Å². The van der Waals surface area contributed by atoms with E-state index in [2.05, 4.69) is 0 Å². The van der Waals surface area contributed by atoms with E-state index in [1.165, 1.54) is 20.1 Å². The molecule has 1 N–H and O–H groups in total. The number of carbonyl (C=O) groups is 2. The second-order valence-electron chi connectivity index (χ2n) is 3.23. The molecule has 0 aliphatic heterocycles. The average molecular weight is 350 g/mol. The first kappa shape index (κ1) is 13.8. The van der Waals surface area contributed by atoms with Crippen LogP contribution in [0.15, 0.2) is 12.1 Å². The van der Waals surface area contributed by atoms with Crippen molar-refractivity contribution in [3.05, 3.63) is 21.3 Å². The summed E-state index contributed by atoms with van der Waals surface area (Å²) in [6.07, 6.45) is -0.102. The van der Waals surface area contributed by atoms with Crippen molar-refractivity contribution >= 4 is 34.5 Å². The number of benzene rings is 1. The molecule has 0 aliphatic rings. The highest BCUT2D eigenvalue weighted by atomic mass is 127. The molecule has 17 heavy (non-hydrogen) atoms. The Kier molecular flexibility index (Phi) is 4.73. The summed E-state index contributed by atoms with van der Waals surface area (Å²) in [5.74, 6) is -0.714. The number of esters is 1. The Labute approximate surface area is 112 Å². The van der Waals surface area contributed by atoms with Gasteiger partial charge in [0, 0.05) is 6.92 Å². The first-order valence-electron chi connectivity index (χ1n) is 4.71. The second kappa shape index (κ2) is 5.85. The molecule has 0 saturated carbocycles. The number of carboxylic acid groups (broad SMARTS) is 1. The largest absolute Gasteiger partial charge is 0.492 e. The van der Waals surface area contributed by atoms with Gasteiger partial charge >= 0.3 is 11.9 Å². The minimum atomic E-state index is -0.926. The van der Waals surface area contributed by atoms with Crippen LogP contribution < -0.4 is 9.47 Å². The molecule has 0 aromatic heterocycles. The van der Waals surface area contributed by atoms with Gasteiger partial charge in [0.05, 0.1) is 17.1 Å². The predicted molar refractivity (Wildman–Crippen MR) is 68.4 cm³/mol. The van der Waals surface area contributed by atoms with E-state index in [0.717, 1.165) is 0 Å². The lowest BCUT2D eigenvalue weighted by Gasteiger charge is -2.12. The topological polar surface area (TPSA) is 72.8 Å². The van der Waals surface area contributed by atoms with Gasteiger partial charge < -0.3 is 14.6 Å². The van der Waals surface area contributed by atoms with Crippen molar-refractivity contribution in [2.75, 3.05) is 7.11 Å². The summed E-state index contributed by atoms with van der Waals surface area (Å²) in [7, 11) is 1.44. The van der Waals surface area contributed by atoms with Gasteiger partial charge in [-0.3, -0.25) is 9.59 Å². The van der Waals surface area contributed by atoms with Crippen LogP contribution >= 0.6 is 22.6 Å². The molecule has 0 amide bonds. The van der Waals surface area contributed by atoms with E-state index < -0.39 is 11.9 Å². The van der Waals surface area contributed by atoms with Crippen molar-refractivity contribution in [2.24, 2.45) is 0 Å². The van der Waals surface area contributed by atoms with Gasteiger partial charge in [0.15, 0.2) is 11.5 Å². The van der Waals surface area contributed by atoms with Crippen LogP contribution in [0.5, 0.6) is 11.5 Å². The number of carbonyl (C=O) groups excluding carboxylic acids is 1. The smallest absolute Gasteiger partial charge is 0.308 e. The van der Waals surface area contributed by atoms with Crippen molar-refractivity contribution in [1.29, 1.82) is 0 Å². The Balaban J connectivity index is 3.16. The van der Waals surface area contributed by atoms with Crippen molar-refractivity contribution in [3.8, 4) is 11.5 Å². The third-order valence-corrected chi connectivity index (χ3v) is 3.12. The van der Waals surface area contributed by atoms with Crippen molar-refractivity contribution < 1.29 is 24.2 Å². The fraction of sp³-hybridized carbons (Fsp3) is 0.273. The first-order chi connectivity index (χ1) is 7.95. The summed E-state index contributed by atoms with van der Waals surface area (Å²) in [5, 5.41) is 8.74. The molecule has 1 aromatic rings. The average Bonchev–Trinajstić information content (AvgIpc) is 2.21. The SMILES string of the molecule is COc1c(OC(C)=O)ccc(CC(=O)O)c1I. The van der Waals surface area contributed by atoms with E-state index in [-0.39, 0.29) is 6.42 Å². The number of hydrogen-bond acceptors (Lipinski definition) is 4. The summed E-state index contributed by atoms with van der Waals surface area (Å²) in [6, 6.07) is 3.14. The Hall–Kier alpha value is -1.31. The fourth-order valence-corrected chi connectivity index (χ4v) is 2.16. The van der Waals surface area contributed by atoms with E-state index in [1.54, 1.807) is 6.07 Å². The van der Waals surface area contributed by atoms with Crippen LogP contribution in [-0.2, 0) is 16.0 Å². The zero-order valence-electron chi connectivity index (χ0n) is 9.32. The van der Waals surface area contributed by atoms with Gasteiger partial charge in [0.1, 0.15) is 0 Å². The van der Waals surface area contributed by atoms with Crippen LogP contribution in [0.2, 0.25) is 0 Å². The Morgan fingerprint density at radius 3 is 2.53 bits per heavy atom. The van der Waals surface area contributed by atoms with E-state index >= 15 is 0 Å². The Morgan fingerprint density at radius 1 is 1.41 bits per heavy atom. The highest BCUT2D eigenvalue weighted by molar-refractivity contribution is 14.1. The third kappa shape index (κ3) is 3.58. The summed E-state index contributed by atoms with van der Waals surface area (Å²) >= 11 is 1.97. The van der Waals surface area contributed by atoms with E-state index in [1.807, 2.05) is 22.6 Å². The highest BCUT2D eigenvalue weighted by Gasteiger charge is 2.16. The van der Waals surface area contributed by atoms with Gasteiger partial charge in [0.2, 0.25) is 0 Å². The van der Waals surface area contributed by atoms with E-state index in [4.69, 9.17) is 14.6 Å². The summed E-state index contributed by atoms with van der Waals surface area (Å²) < 4.78 is 10.7. The molecule has 1 aromatic carbocycles. The minimum Gasteiger partial charge on any atom is -0.492 e. The van der Waals surface area contributed by atoms with Crippen LogP contribution in [0, 0.1) is 3.57 Å². The molecule has 1 rings (SSSR count). The maximum Gasteiger partial charge on any atom is 0.308 e. The van der Waals surface area contributed by atoms with Gasteiger partial charge in [-0.25, -0.2) is 0 Å². The maximum atomic E-state index is 10.9. The fourth-order valence-electron chi connectivity index (χ4n) is 1.30. The molecule has 0 bridgehead atoms. The van der Waals surface area contributed by atoms with Crippen LogP contribution in [0.25, 0.3) is 0 Å². The third-order valence-electron chi connectivity index (χ3n) is 1.94. The molecule has 0 atom stereocenters. The Morgan fingerprint density at radius 2 is 2.06 bits per heavy atom. The predicted octanol–water partition coefficient (Wildman–Crippen LogP) is 1.85. The lowest BCUT2D eigenvalue weighted by molar-refractivity contribution is -0.136. The van der Waals surface area contributed by atoms with Crippen LogP contribution in [0.3, 0.4) is 0 Å². The first-order valence-corrected chi connectivity index (χ1v) is 5.79. The minimum absolute atomic E-state index is 0.102. The maximum absolute atomic E-state index is 10.9. The molecule has 0 spiro atoms. The molecular weight excluding hydrogens is 339 g/mol. The van der Waals surface area contributed by atoms with E-state index in [9.17, 15) is 9.59 Å². The molecule has 0 aliphatic carbocycles. The van der Waals surface area contributed by atoms with Crippen LogP contribution in [0.1, 0.15) is 12.5 Å². The monoisotopic (exact) mass is 350 g/mol. The highest BCUT2D eigenvalue weighted by Crippen LogP contribution is 2.35. The number of ether oxygens (including phenoxy) is 2. The van der Waals surface area contributed by atoms with Crippen molar-refractivity contribution in [1.82, 2.24) is 0 Å². The summed E-state index contributed by atoms with van der Waals surface area (Å²) in [6.45, 7) is 1.29. The lowest BCUT2D eigenvalue weighted by Crippen LogP contribution is -2.07.